The van der Waals surface area contributed by atoms with Crippen molar-refractivity contribution in [3.63, 3.8) is 0 Å². The number of hydrogen-bond donors (Lipinski definition) is 2. The molecule has 1 rings (SSSR count). The van der Waals surface area contributed by atoms with Gasteiger partial charge in [-0.1, -0.05) is 15.9 Å². The van der Waals surface area contributed by atoms with Crippen molar-refractivity contribution in [3.05, 3.63) is 28.2 Å². The zero-order valence-corrected chi connectivity index (χ0v) is 7.26. The Morgan fingerprint density at radius 1 is 1.55 bits per heavy atom. The molecular formula is C7H7BrN2O. The van der Waals surface area contributed by atoms with E-state index in [0.717, 1.165) is 10.8 Å². The number of carbonyl (C=O) groups excluding carboxylic acids is 1. The normalized spacial score (nSPS) is 9.27. The second-order valence-corrected chi connectivity index (χ2v) is 2.91. The number of hydrogen-bond acceptors (Lipinski definition) is 3. The average Bonchev–Trinajstić information content (AvgIpc) is 2.04. The number of hydrazine groups is 1. The van der Waals surface area contributed by atoms with E-state index in [-0.39, 0.29) is 0 Å². The minimum Gasteiger partial charge on any atom is -0.323 e. The number of halogens is 1. The number of nitrogens with two attached hydrogens (primary N) is 1. The third kappa shape index (κ3) is 1.78. The molecule has 0 aromatic heterocycles. The highest BCUT2D eigenvalue weighted by molar-refractivity contribution is 9.10. The summed E-state index contributed by atoms with van der Waals surface area (Å²) in [5.41, 5.74) is 3.59. The molecule has 4 heteroatoms. The SMILES string of the molecule is NNc1ccc(Br)cc1C=O. The lowest BCUT2D eigenvalue weighted by Gasteiger charge is -2.02. The van der Waals surface area contributed by atoms with Crippen molar-refractivity contribution in [2.45, 2.75) is 0 Å². The molecule has 3 N–H and O–H groups in total. The molecule has 0 saturated heterocycles. The first kappa shape index (κ1) is 8.23. The van der Waals surface area contributed by atoms with Crippen LogP contribution >= 0.6 is 15.9 Å². The number of benzene rings is 1. The predicted molar refractivity (Wildman–Crippen MR) is 47.3 cm³/mol. The van der Waals surface area contributed by atoms with Crippen molar-refractivity contribution in [2.24, 2.45) is 5.84 Å². The summed E-state index contributed by atoms with van der Waals surface area (Å²) in [5, 5.41) is 0. The number of anilines is 1. The smallest absolute Gasteiger partial charge is 0.152 e. The van der Waals surface area contributed by atoms with Crippen molar-refractivity contribution in [2.75, 3.05) is 5.43 Å². The fourth-order valence-electron chi connectivity index (χ4n) is 0.763. The summed E-state index contributed by atoms with van der Waals surface area (Å²) in [4.78, 5) is 10.4. The summed E-state index contributed by atoms with van der Waals surface area (Å²) in [6, 6.07) is 5.23. The first-order valence-corrected chi connectivity index (χ1v) is 3.78. The van der Waals surface area contributed by atoms with Gasteiger partial charge in [-0.05, 0) is 18.2 Å². The van der Waals surface area contributed by atoms with Gasteiger partial charge in [0.25, 0.3) is 0 Å². The van der Waals surface area contributed by atoms with Crippen molar-refractivity contribution >= 4 is 27.9 Å². The van der Waals surface area contributed by atoms with Crippen LogP contribution in [0.1, 0.15) is 10.4 Å². The van der Waals surface area contributed by atoms with Gasteiger partial charge in [-0.25, -0.2) is 0 Å². The Balaban J connectivity index is 3.16. The van der Waals surface area contributed by atoms with Gasteiger partial charge in [0, 0.05) is 10.0 Å². The molecule has 0 unspecified atom stereocenters. The Morgan fingerprint density at radius 3 is 2.82 bits per heavy atom. The predicted octanol–water partition coefficient (Wildman–Crippen LogP) is 1.55. The van der Waals surface area contributed by atoms with Gasteiger partial charge in [-0.3, -0.25) is 10.6 Å². The molecule has 1 aromatic carbocycles. The fourth-order valence-corrected chi connectivity index (χ4v) is 1.14. The molecule has 11 heavy (non-hydrogen) atoms. The highest BCUT2D eigenvalue weighted by atomic mass is 79.9. The molecule has 0 heterocycles. The number of nitrogen functional groups attached to an aromatic ring is 1. The average molecular weight is 215 g/mol. The molecular weight excluding hydrogens is 208 g/mol. The van der Waals surface area contributed by atoms with Crippen LogP contribution in [0.4, 0.5) is 5.69 Å². The lowest BCUT2D eigenvalue weighted by molar-refractivity contribution is 0.112. The van der Waals surface area contributed by atoms with E-state index in [1.165, 1.54) is 0 Å². The van der Waals surface area contributed by atoms with Gasteiger partial charge in [0.15, 0.2) is 6.29 Å². The van der Waals surface area contributed by atoms with Gasteiger partial charge < -0.3 is 5.43 Å². The molecule has 3 nitrogen and oxygen atoms in total. The fraction of sp³-hybridized carbons (Fsp3) is 0. The lowest BCUT2D eigenvalue weighted by atomic mass is 10.2. The summed E-state index contributed by atoms with van der Waals surface area (Å²) in [5.74, 6) is 5.15. The lowest BCUT2D eigenvalue weighted by Crippen LogP contribution is -2.08. The highest BCUT2D eigenvalue weighted by Gasteiger charge is 1.98. The molecule has 0 saturated carbocycles. The Hall–Kier alpha value is -0.870. The summed E-state index contributed by atoms with van der Waals surface area (Å²) >= 11 is 3.24. The Labute approximate surface area is 72.7 Å². The molecule has 0 bridgehead atoms. The van der Waals surface area contributed by atoms with Crippen LogP contribution in [0.3, 0.4) is 0 Å². The van der Waals surface area contributed by atoms with Crippen LogP contribution < -0.4 is 11.3 Å². The van der Waals surface area contributed by atoms with Gasteiger partial charge in [-0.15, -0.1) is 0 Å². The maximum Gasteiger partial charge on any atom is 0.152 e. The van der Waals surface area contributed by atoms with E-state index in [2.05, 4.69) is 21.4 Å². The molecule has 1 aromatic rings. The van der Waals surface area contributed by atoms with Gasteiger partial charge in [0.2, 0.25) is 0 Å². The molecule has 0 radical (unpaired) electrons. The van der Waals surface area contributed by atoms with Crippen LogP contribution in [0.5, 0.6) is 0 Å². The van der Waals surface area contributed by atoms with Gasteiger partial charge >= 0.3 is 0 Å². The van der Waals surface area contributed by atoms with Crippen LogP contribution in [0.2, 0.25) is 0 Å². The second kappa shape index (κ2) is 3.50. The first-order chi connectivity index (χ1) is 5.27. The number of rotatable bonds is 2. The van der Waals surface area contributed by atoms with Crippen molar-refractivity contribution in [3.8, 4) is 0 Å². The first-order valence-electron chi connectivity index (χ1n) is 2.99. The van der Waals surface area contributed by atoms with E-state index in [1.807, 2.05) is 6.07 Å². The third-order valence-corrected chi connectivity index (χ3v) is 1.79. The second-order valence-electron chi connectivity index (χ2n) is 1.99. The molecule has 58 valence electrons. The third-order valence-electron chi connectivity index (χ3n) is 1.30. The van der Waals surface area contributed by atoms with E-state index in [4.69, 9.17) is 5.84 Å². The minimum absolute atomic E-state index is 0.543. The van der Waals surface area contributed by atoms with Crippen LogP contribution in [0.15, 0.2) is 22.7 Å². The number of nitrogens with one attached hydrogen (secondary N) is 1. The standard InChI is InChI=1S/C7H7BrN2O/c8-6-1-2-7(10-9)5(3-6)4-11/h1-4,10H,9H2. The van der Waals surface area contributed by atoms with Crippen molar-refractivity contribution < 1.29 is 4.79 Å². The summed E-state index contributed by atoms with van der Waals surface area (Å²) in [7, 11) is 0. The Morgan fingerprint density at radius 2 is 2.27 bits per heavy atom. The Bertz CT molecular complexity index is 275. The van der Waals surface area contributed by atoms with Crippen LogP contribution in [-0.4, -0.2) is 6.29 Å². The van der Waals surface area contributed by atoms with Crippen molar-refractivity contribution in [1.29, 1.82) is 0 Å². The monoisotopic (exact) mass is 214 g/mol. The summed E-state index contributed by atoms with van der Waals surface area (Å²) in [6.07, 6.45) is 0.750. The maximum absolute atomic E-state index is 10.4. The largest absolute Gasteiger partial charge is 0.323 e. The van der Waals surface area contributed by atoms with E-state index >= 15 is 0 Å². The van der Waals surface area contributed by atoms with Crippen LogP contribution in [0.25, 0.3) is 0 Å². The van der Waals surface area contributed by atoms with Crippen molar-refractivity contribution in [1.82, 2.24) is 0 Å². The van der Waals surface area contributed by atoms with E-state index in [0.29, 0.717) is 11.3 Å². The van der Waals surface area contributed by atoms with E-state index < -0.39 is 0 Å². The minimum atomic E-state index is 0.543. The van der Waals surface area contributed by atoms with E-state index in [9.17, 15) is 4.79 Å². The summed E-state index contributed by atoms with van der Waals surface area (Å²) < 4.78 is 0.860. The number of aldehydes is 1. The molecule has 0 aliphatic rings. The molecule has 0 spiro atoms. The quantitative estimate of drug-likeness (QED) is 0.447. The molecule has 0 aliphatic carbocycles. The van der Waals surface area contributed by atoms with Gasteiger partial charge in [0.05, 0.1) is 5.69 Å². The Kier molecular flexibility index (Phi) is 2.62. The number of carbonyl (C=O) groups is 1. The molecule has 0 atom stereocenters. The molecule has 0 aliphatic heterocycles. The van der Waals surface area contributed by atoms with Gasteiger partial charge in [0.1, 0.15) is 0 Å². The molecule has 0 fully saturated rings. The van der Waals surface area contributed by atoms with Crippen LogP contribution in [0, 0.1) is 0 Å². The zero-order valence-electron chi connectivity index (χ0n) is 5.67. The van der Waals surface area contributed by atoms with E-state index in [1.54, 1.807) is 12.1 Å². The van der Waals surface area contributed by atoms with Gasteiger partial charge in [-0.2, -0.15) is 0 Å². The zero-order chi connectivity index (χ0) is 8.27. The highest BCUT2D eigenvalue weighted by Crippen LogP contribution is 2.18. The molecule has 0 amide bonds. The topological polar surface area (TPSA) is 55.1 Å². The van der Waals surface area contributed by atoms with Crippen LogP contribution in [-0.2, 0) is 0 Å². The summed E-state index contributed by atoms with van der Waals surface area (Å²) in [6.45, 7) is 0. The maximum atomic E-state index is 10.4.